The number of nitrogens with zero attached hydrogens (tertiary/aromatic N) is 1. The van der Waals surface area contributed by atoms with E-state index in [1.807, 2.05) is 18.7 Å². The molecule has 0 saturated carbocycles. The zero-order chi connectivity index (χ0) is 15.8. The molecule has 1 saturated heterocycles. The summed E-state index contributed by atoms with van der Waals surface area (Å²) in [5, 5.41) is 2.92. The molecule has 6 nitrogen and oxygen atoms in total. The van der Waals surface area contributed by atoms with Crippen LogP contribution in [0, 0.1) is 5.92 Å². The third kappa shape index (κ3) is 6.14. The molecular weight excluding hydrogens is 272 g/mol. The molecule has 0 aromatic carbocycles. The third-order valence-electron chi connectivity index (χ3n) is 3.53. The van der Waals surface area contributed by atoms with Gasteiger partial charge in [0.2, 0.25) is 11.8 Å². The van der Waals surface area contributed by atoms with Crippen LogP contribution >= 0.6 is 0 Å². The van der Waals surface area contributed by atoms with Gasteiger partial charge in [0.1, 0.15) is 0 Å². The summed E-state index contributed by atoms with van der Waals surface area (Å²) in [6.07, 6.45) is 1.81. The van der Waals surface area contributed by atoms with E-state index in [9.17, 15) is 14.4 Å². The van der Waals surface area contributed by atoms with Crippen LogP contribution in [0.3, 0.4) is 0 Å². The van der Waals surface area contributed by atoms with Crippen molar-refractivity contribution in [1.82, 2.24) is 10.2 Å². The lowest BCUT2D eigenvalue weighted by atomic mass is 10.0. The molecule has 0 aromatic rings. The van der Waals surface area contributed by atoms with Gasteiger partial charge in [0.25, 0.3) is 0 Å². The van der Waals surface area contributed by atoms with Crippen molar-refractivity contribution < 1.29 is 19.1 Å². The van der Waals surface area contributed by atoms with Gasteiger partial charge >= 0.3 is 5.97 Å². The van der Waals surface area contributed by atoms with E-state index in [0.717, 1.165) is 12.8 Å². The van der Waals surface area contributed by atoms with Gasteiger partial charge in [-0.15, -0.1) is 0 Å². The maximum Gasteiger partial charge on any atom is 0.306 e. The van der Waals surface area contributed by atoms with Gasteiger partial charge in [-0.25, -0.2) is 0 Å². The van der Waals surface area contributed by atoms with Gasteiger partial charge in [0.15, 0.2) is 0 Å². The van der Waals surface area contributed by atoms with Crippen LogP contribution in [0.4, 0.5) is 0 Å². The molecule has 2 amide bonds. The molecule has 0 spiro atoms. The van der Waals surface area contributed by atoms with Crippen molar-refractivity contribution in [2.45, 2.75) is 52.5 Å². The second-order valence-corrected chi connectivity index (χ2v) is 5.63. The predicted molar refractivity (Wildman–Crippen MR) is 78.4 cm³/mol. The average Bonchev–Trinajstić information content (AvgIpc) is 2.45. The van der Waals surface area contributed by atoms with E-state index >= 15 is 0 Å². The Hall–Kier alpha value is -1.59. The Morgan fingerprint density at radius 1 is 1.19 bits per heavy atom. The van der Waals surface area contributed by atoms with Crippen molar-refractivity contribution in [1.29, 1.82) is 0 Å². The molecule has 120 valence electrons. The first kappa shape index (κ1) is 17.5. The smallest absolute Gasteiger partial charge is 0.306 e. The first-order valence-electron chi connectivity index (χ1n) is 7.67. The quantitative estimate of drug-likeness (QED) is 0.745. The third-order valence-corrected chi connectivity index (χ3v) is 3.53. The zero-order valence-electron chi connectivity index (χ0n) is 13.2. The number of carbonyl (C=O) groups is 3. The zero-order valence-corrected chi connectivity index (χ0v) is 13.2. The highest BCUT2D eigenvalue weighted by Crippen LogP contribution is 2.13. The van der Waals surface area contributed by atoms with Crippen molar-refractivity contribution in [2.75, 3.05) is 19.7 Å². The molecule has 0 aliphatic carbocycles. The van der Waals surface area contributed by atoms with E-state index in [1.54, 1.807) is 6.92 Å². The highest BCUT2D eigenvalue weighted by Gasteiger charge is 2.25. The fraction of sp³-hybridized carbons (Fsp3) is 0.800. The van der Waals surface area contributed by atoms with Crippen LogP contribution in [0.2, 0.25) is 0 Å². The van der Waals surface area contributed by atoms with Crippen LogP contribution in [0.1, 0.15) is 46.5 Å². The summed E-state index contributed by atoms with van der Waals surface area (Å²) in [5.41, 5.74) is 0. The van der Waals surface area contributed by atoms with E-state index < -0.39 is 0 Å². The van der Waals surface area contributed by atoms with Crippen LogP contribution in [0.15, 0.2) is 0 Å². The van der Waals surface area contributed by atoms with E-state index in [0.29, 0.717) is 19.7 Å². The number of rotatable bonds is 6. The Kier molecular flexibility index (Phi) is 7.19. The number of hydrogen-bond acceptors (Lipinski definition) is 4. The average molecular weight is 298 g/mol. The maximum absolute atomic E-state index is 11.9. The minimum atomic E-state index is -0.343. The van der Waals surface area contributed by atoms with E-state index in [1.165, 1.54) is 0 Å². The first-order valence-corrected chi connectivity index (χ1v) is 7.67. The Balaban J connectivity index is 2.24. The highest BCUT2D eigenvalue weighted by molar-refractivity contribution is 5.81. The molecule has 0 aromatic heterocycles. The number of amides is 2. The van der Waals surface area contributed by atoms with Gasteiger partial charge < -0.3 is 15.0 Å². The van der Waals surface area contributed by atoms with E-state index in [-0.39, 0.29) is 42.6 Å². The molecule has 1 aliphatic rings. The second-order valence-electron chi connectivity index (χ2n) is 5.63. The van der Waals surface area contributed by atoms with Crippen LogP contribution in [0.5, 0.6) is 0 Å². The van der Waals surface area contributed by atoms with Gasteiger partial charge in [-0.2, -0.15) is 0 Å². The summed E-state index contributed by atoms with van der Waals surface area (Å²) in [7, 11) is 0. The summed E-state index contributed by atoms with van der Waals surface area (Å²) in [6, 6.07) is 0.0934. The Morgan fingerprint density at radius 2 is 1.81 bits per heavy atom. The number of nitrogens with one attached hydrogen (secondary N) is 1. The molecule has 1 heterocycles. The van der Waals surface area contributed by atoms with Crippen LogP contribution in [0.25, 0.3) is 0 Å². The monoisotopic (exact) mass is 298 g/mol. The maximum atomic E-state index is 11.9. The van der Waals surface area contributed by atoms with Crippen LogP contribution in [-0.2, 0) is 19.1 Å². The summed E-state index contributed by atoms with van der Waals surface area (Å²) in [6.45, 7) is 7.23. The summed E-state index contributed by atoms with van der Waals surface area (Å²) in [4.78, 5) is 36.6. The number of piperidine rings is 1. The van der Waals surface area contributed by atoms with Crippen molar-refractivity contribution >= 4 is 17.8 Å². The topological polar surface area (TPSA) is 75.7 Å². The lowest BCUT2D eigenvalue weighted by Gasteiger charge is -2.33. The van der Waals surface area contributed by atoms with Crippen LogP contribution in [-0.4, -0.2) is 48.4 Å². The largest absolute Gasteiger partial charge is 0.466 e. The molecule has 0 unspecified atom stereocenters. The molecule has 1 N–H and O–H groups in total. The summed E-state index contributed by atoms with van der Waals surface area (Å²) in [5.74, 6) is -0.288. The standard InChI is InChI=1S/C15H26N2O4/c1-4-21-14(19)6-5-13(18)16-12-7-9-17(10-8-12)15(20)11(2)3/h11-12H,4-10H2,1-3H3,(H,16,18). The lowest BCUT2D eigenvalue weighted by molar-refractivity contribution is -0.144. The number of carbonyl (C=O) groups excluding carboxylic acids is 3. The molecule has 0 radical (unpaired) electrons. The highest BCUT2D eigenvalue weighted by atomic mass is 16.5. The molecule has 1 fully saturated rings. The van der Waals surface area contributed by atoms with Gasteiger partial charge in [0, 0.05) is 31.5 Å². The molecule has 0 atom stereocenters. The Labute approximate surface area is 126 Å². The predicted octanol–water partition coefficient (Wildman–Crippen LogP) is 1.09. The number of esters is 1. The van der Waals surface area contributed by atoms with E-state index in [2.05, 4.69) is 5.32 Å². The van der Waals surface area contributed by atoms with Gasteiger partial charge in [0.05, 0.1) is 13.0 Å². The molecule has 6 heteroatoms. The van der Waals surface area contributed by atoms with Crippen LogP contribution < -0.4 is 5.32 Å². The fourth-order valence-corrected chi connectivity index (χ4v) is 2.36. The van der Waals surface area contributed by atoms with Crippen molar-refractivity contribution in [3.8, 4) is 0 Å². The molecule has 21 heavy (non-hydrogen) atoms. The molecule has 1 rings (SSSR count). The minimum Gasteiger partial charge on any atom is -0.466 e. The first-order chi connectivity index (χ1) is 9.93. The SMILES string of the molecule is CCOC(=O)CCC(=O)NC1CCN(C(=O)C(C)C)CC1. The number of likely N-dealkylation sites (tertiary alicyclic amines) is 1. The van der Waals surface area contributed by atoms with Crippen molar-refractivity contribution in [3.05, 3.63) is 0 Å². The van der Waals surface area contributed by atoms with Gasteiger partial charge in [-0.1, -0.05) is 13.8 Å². The lowest BCUT2D eigenvalue weighted by Crippen LogP contribution is -2.47. The summed E-state index contributed by atoms with van der Waals surface area (Å²) < 4.78 is 4.78. The van der Waals surface area contributed by atoms with Gasteiger partial charge in [-0.05, 0) is 19.8 Å². The molecular formula is C15H26N2O4. The van der Waals surface area contributed by atoms with Crippen molar-refractivity contribution in [3.63, 3.8) is 0 Å². The normalized spacial score (nSPS) is 15.9. The van der Waals surface area contributed by atoms with Gasteiger partial charge in [-0.3, -0.25) is 14.4 Å². The molecule has 1 aliphatic heterocycles. The minimum absolute atomic E-state index is 0.0146. The number of ether oxygens (including phenoxy) is 1. The van der Waals surface area contributed by atoms with Crippen molar-refractivity contribution in [2.24, 2.45) is 5.92 Å². The Morgan fingerprint density at radius 3 is 2.33 bits per heavy atom. The fourth-order valence-electron chi connectivity index (χ4n) is 2.36. The second kappa shape index (κ2) is 8.64. The number of hydrogen-bond donors (Lipinski definition) is 1. The summed E-state index contributed by atoms with van der Waals surface area (Å²) >= 11 is 0. The Bertz CT molecular complexity index is 374. The van der Waals surface area contributed by atoms with E-state index in [4.69, 9.17) is 4.74 Å². The molecule has 0 bridgehead atoms.